The molecule has 0 aromatic carbocycles. The Morgan fingerprint density at radius 1 is 1.18 bits per heavy atom. The molecule has 0 heterocycles. The van der Waals surface area contributed by atoms with Crippen molar-refractivity contribution in [3.63, 3.8) is 0 Å². The summed E-state index contributed by atoms with van der Waals surface area (Å²) in [4.78, 5) is 0. The van der Waals surface area contributed by atoms with Gasteiger partial charge in [-0.05, 0) is 0 Å². The van der Waals surface area contributed by atoms with E-state index in [1.807, 2.05) is 0 Å². The summed E-state index contributed by atoms with van der Waals surface area (Å²) in [5.41, 5.74) is 0. The fraction of sp³-hybridized carbons (Fsp3) is 1.00. The summed E-state index contributed by atoms with van der Waals surface area (Å²) in [6.45, 7) is 12.0. The average molecular weight is 176 g/mol. The van der Waals surface area contributed by atoms with Gasteiger partial charge in [-0.15, -0.1) is 0 Å². The summed E-state index contributed by atoms with van der Waals surface area (Å²) >= 11 is 0. The van der Waals surface area contributed by atoms with E-state index in [1.54, 1.807) is 0 Å². The van der Waals surface area contributed by atoms with E-state index >= 15 is 0 Å². The summed E-state index contributed by atoms with van der Waals surface area (Å²) in [6, 6.07) is 0. The molecule has 0 aromatic rings. The van der Waals surface area contributed by atoms with Crippen LogP contribution in [-0.4, -0.2) is 25.7 Å². The van der Waals surface area contributed by atoms with Gasteiger partial charge in [0.05, 0.1) is 0 Å². The molecule has 0 nitrogen and oxygen atoms in total. The van der Waals surface area contributed by atoms with Crippen LogP contribution in [0.1, 0.15) is 33.6 Å². The van der Waals surface area contributed by atoms with Crippen LogP contribution in [0, 0.1) is 5.92 Å². The number of hydrogen-bond acceptors (Lipinski definition) is 0. The quantitative estimate of drug-likeness (QED) is 0.563. The predicted octanol–water partition coefficient (Wildman–Crippen LogP) is 3.45. The zero-order chi connectivity index (χ0) is 8.91. The fourth-order valence-corrected chi connectivity index (χ4v) is 5.59. The Balaban J connectivity index is 3.61. The number of unbranched alkanes of at least 4 members (excludes halogenated alkanes) is 1. The second-order valence-electron chi connectivity index (χ2n) is 4.87. The van der Waals surface area contributed by atoms with Crippen molar-refractivity contribution in [2.75, 3.05) is 25.7 Å². The Labute approximate surface area is 73.1 Å². The molecule has 0 saturated carbocycles. The van der Waals surface area contributed by atoms with Crippen LogP contribution < -0.4 is 0 Å². The van der Waals surface area contributed by atoms with Crippen molar-refractivity contribution < 1.29 is 0 Å². The van der Waals surface area contributed by atoms with Gasteiger partial charge in [-0.2, -0.15) is 0 Å². The molecule has 0 saturated heterocycles. The Morgan fingerprint density at radius 2 is 1.73 bits per heavy atom. The van der Waals surface area contributed by atoms with Crippen molar-refractivity contribution in [3.05, 3.63) is 0 Å². The van der Waals surface area contributed by atoms with Crippen LogP contribution in [0.25, 0.3) is 0 Å². The van der Waals surface area contributed by atoms with Gasteiger partial charge in [0.15, 0.2) is 0 Å². The molecule has 0 amide bonds. The van der Waals surface area contributed by atoms with E-state index in [0.29, 0.717) is 0 Å². The van der Waals surface area contributed by atoms with Crippen molar-refractivity contribution in [2.24, 2.45) is 5.92 Å². The third-order valence-electron chi connectivity index (χ3n) is 2.17. The zero-order valence-electron chi connectivity index (χ0n) is 8.91. The first-order valence-electron chi connectivity index (χ1n) is 4.98. The molecule has 0 N–H and O–H groups in total. The summed E-state index contributed by atoms with van der Waals surface area (Å²) in [6.07, 6.45) is 5.86. The average Bonchev–Trinajstić information content (AvgIpc) is 1.81. The van der Waals surface area contributed by atoms with Crippen molar-refractivity contribution in [2.45, 2.75) is 33.6 Å². The molecular weight excluding hydrogens is 151 g/mol. The summed E-state index contributed by atoms with van der Waals surface area (Å²) < 4.78 is 0. The first-order chi connectivity index (χ1) is 4.98. The summed E-state index contributed by atoms with van der Waals surface area (Å²) in [7, 11) is -0.787. The van der Waals surface area contributed by atoms with Gasteiger partial charge in [0.25, 0.3) is 0 Å². The molecule has 0 atom stereocenters. The van der Waals surface area contributed by atoms with Gasteiger partial charge in [-0.25, -0.2) is 0 Å². The Kier molecular flexibility index (Phi) is 5.34. The van der Waals surface area contributed by atoms with Crippen LogP contribution in [0.2, 0.25) is 0 Å². The summed E-state index contributed by atoms with van der Waals surface area (Å²) in [5, 5.41) is 0. The number of hydrogen-bond donors (Lipinski definition) is 0. The molecule has 70 valence electrons. The van der Waals surface area contributed by atoms with Crippen molar-refractivity contribution >= 4 is 7.26 Å². The third-order valence-corrected chi connectivity index (χ3v) is 5.80. The molecule has 0 bridgehead atoms. The van der Waals surface area contributed by atoms with Crippen LogP contribution in [0.3, 0.4) is 0 Å². The van der Waals surface area contributed by atoms with E-state index in [2.05, 4.69) is 34.1 Å². The maximum absolute atomic E-state index is 2.53. The van der Waals surface area contributed by atoms with Crippen LogP contribution in [-0.2, 0) is 0 Å². The normalized spacial score (nSPS) is 14.0. The Bertz CT molecular complexity index is 95.0. The van der Waals surface area contributed by atoms with Crippen molar-refractivity contribution in [1.29, 1.82) is 0 Å². The molecule has 0 rings (SSSR count). The monoisotopic (exact) mass is 176 g/mol. The molecule has 1 heteroatoms. The van der Waals surface area contributed by atoms with Crippen LogP contribution in [0.15, 0.2) is 0 Å². The zero-order valence-corrected chi connectivity index (χ0v) is 9.91. The van der Waals surface area contributed by atoms with Gasteiger partial charge in [0.1, 0.15) is 0 Å². The van der Waals surface area contributed by atoms with Gasteiger partial charge < -0.3 is 0 Å². The second-order valence-corrected chi connectivity index (χ2v) is 10.1. The third kappa shape index (κ3) is 6.81. The Hall–Kier alpha value is 0.430. The molecule has 0 aliphatic carbocycles. The van der Waals surface area contributed by atoms with E-state index < -0.39 is 7.26 Å². The standard InChI is InChI=1S/C10H25P/c1-6-7-8-11(4,5)9-10(2)3/h10-11H,6-9H2,1-5H3. The molecule has 11 heavy (non-hydrogen) atoms. The molecular formula is C10H25P. The van der Waals surface area contributed by atoms with E-state index in [9.17, 15) is 0 Å². The van der Waals surface area contributed by atoms with E-state index in [1.165, 1.54) is 25.2 Å². The van der Waals surface area contributed by atoms with Gasteiger partial charge in [0.2, 0.25) is 0 Å². The van der Waals surface area contributed by atoms with Crippen LogP contribution >= 0.6 is 7.26 Å². The molecule has 0 radical (unpaired) electrons. The van der Waals surface area contributed by atoms with Crippen molar-refractivity contribution in [1.82, 2.24) is 0 Å². The maximum atomic E-state index is 2.53. The first kappa shape index (κ1) is 11.4. The minimum atomic E-state index is -0.787. The second kappa shape index (κ2) is 5.14. The molecule has 0 aliphatic rings. The van der Waals surface area contributed by atoms with E-state index in [4.69, 9.17) is 0 Å². The molecule has 0 fully saturated rings. The topological polar surface area (TPSA) is 0 Å². The summed E-state index contributed by atoms with van der Waals surface area (Å²) in [5.74, 6) is 0.911. The van der Waals surface area contributed by atoms with Crippen LogP contribution in [0.5, 0.6) is 0 Å². The molecule has 0 spiro atoms. The fourth-order valence-electron chi connectivity index (χ4n) is 1.86. The first-order valence-corrected chi connectivity index (χ1v) is 8.39. The molecule has 0 aliphatic heterocycles. The molecule has 0 aromatic heterocycles. The van der Waals surface area contributed by atoms with Gasteiger partial charge in [-0.1, -0.05) is 0 Å². The SMILES string of the molecule is CCCC[PH](C)(C)CC(C)C. The van der Waals surface area contributed by atoms with Crippen molar-refractivity contribution in [3.8, 4) is 0 Å². The van der Waals surface area contributed by atoms with Crippen LogP contribution in [0.4, 0.5) is 0 Å². The molecule has 0 unspecified atom stereocenters. The Morgan fingerprint density at radius 3 is 2.09 bits per heavy atom. The van der Waals surface area contributed by atoms with E-state index in [0.717, 1.165) is 5.92 Å². The predicted molar refractivity (Wildman–Crippen MR) is 59.6 cm³/mol. The number of rotatable bonds is 5. The van der Waals surface area contributed by atoms with Gasteiger partial charge >= 0.3 is 72.4 Å². The van der Waals surface area contributed by atoms with Gasteiger partial charge in [0, 0.05) is 0 Å². The van der Waals surface area contributed by atoms with Gasteiger partial charge in [-0.3, -0.25) is 0 Å². The van der Waals surface area contributed by atoms with E-state index in [-0.39, 0.29) is 0 Å². The minimum absolute atomic E-state index is 0.787.